The number of allylic oxidation sites excluding steroid dienone is 20. The van der Waals surface area contributed by atoms with Gasteiger partial charge in [0.15, 0.2) is 6.10 Å². The Morgan fingerprint density at radius 1 is 0.390 bits per heavy atom. The third kappa shape index (κ3) is 59.2. The number of carboxylic acid groups (broad SMARTS) is 1. The van der Waals surface area contributed by atoms with Crippen molar-refractivity contribution in [3.63, 3.8) is 0 Å². The summed E-state index contributed by atoms with van der Waals surface area (Å²) in [7, 11) is 5.95. The molecule has 0 aliphatic rings. The van der Waals surface area contributed by atoms with Gasteiger partial charge in [-0.1, -0.05) is 238 Å². The minimum absolute atomic E-state index is 0.177. The molecule has 0 aromatic heterocycles. The third-order valence-corrected chi connectivity index (χ3v) is 12.7. The van der Waals surface area contributed by atoms with Crippen molar-refractivity contribution in [2.75, 3.05) is 47.5 Å². The summed E-state index contributed by atoms with van der Waals surface area (Å²) in [6, 6.07) is 0. The van der Waals surface area contributed by atoms with Crippen molar-refractivity contribution in [3.8, 4) is 0 Å². The molecule has 0 saturated heterocycles. The molecule has 0 radical (unpaired) electrons. The molecule has 0 heterocycles. The first kappa shape index (κ1) is 72.7. The molecule has 1 N–H and O–H groups in total. The van der Waals surface area contributed by atoms with Crippen molar-refractivity contribution < 1.29 is 42.9 Å². The number of unbranched alkanes of at least 4 members (excludes halogenated alkanes) is 20. The topological polar surface area (TPSA) is 108 Å². The maximum atomic E-state index is 12.9. The maximum absolute atomic E-state index is 12.9. The van der Waals surface area contributed by atoms with E-state index in [2.05, 4.69) is 135 Å². The number of aliphatic carboxylic acids is 1. The lowest BCUT2D eigenvalue weighted by Gasteiger charge is -2.25. The van der Waals surface area contributed by atoms with Crippen LogP contribution in [0.3, 0.4) is 0 Å². The van der Waals surface area contributed by atoms with Gasteiger partial charge in [0, 0.05) is 12.8 Å². The van der Waals surface area contributed by atoms with E-state index in [0.29, 0.717) is 23.9 Å². The van der Waals surface area contributed by atoms with Crippen LogP contribution in [0.15, 0.2) is 122 Å². The molecule has 9 nitrogen and oxygen atoms in total. The second-order valence-electron chi connectivity index (χ2n) is 21.2. The molecule has 0 aliphatic carbocycles. The van der Waals surface area contributed by atoms with E-state index in [0.717, 1.165) is 103 Å². The number of esters is 2. The van der Waals surface area contributed by atoms with Crippen molar-refractivity contribution in [1.82, 2.24) is 0 Å². The Balaban J connectivity index is 4.19. The highest BCUT2D eigenvalue weighted by atomic mass is 16.7. The Morgan fingerprint density at radius 3 is 1.05 bits per heavy atom. The van der Waals surface area contributed by atoms with Crippen LogP contribution in [0.1, 0.15) is 232 Å². The van der Waals surface area contributed by atoms with E-state index in [1.807, 2.05) is 21.1 Å². The van der Waals surface area contributed by atoms with Crippen LogP contribution in [0.4, 0.5) is 0 Å². The van der Waals surface area contributed by atoms with Crippen LogP contribution in [0.25, 0.3) is 0 Å². The zero-order valence-electron chi connectivity index (χ0n) is 49.8. The largest absolute Gasteiger partial charge is 0.477 e. The molecule has 2 atom stereocenters. The van der Waals surface area contributed by atoms with Gasteiger partial charge in [0.2, 0.25) is 0 Å². The molecule has 0 spiro atoms. The monoisotopic (exact) mass is 1070 g/mol. The summed E-state index contributed by atoms with van der Waals surface area (Å²) in [5.41, 5.74) is 0. The quantitative estimate of drug-likeness (QED) is 0.0211. The third-order valence-electron chi connectivity index (χ3n) is 12.7. The number of ether oxygens (including phenoxy) is 4. The first-order valence-electron chi connectivity index (χ1n) is 30.7. The minimum atomic E-state index is -1.52. The van der Waals surface area contributed by atoms with Crippen molar-refractivity contribution >= 4 is 17.9 Å². The summed E-state index contributed by atoms with van der Waals surface area (Å²) < 4.78 is 22.9. The average molecular weight is 1070 g/mol. The lowest BCUT2D eigenvalue weighted by Crippen LogP contribution is -2.40. The SMILES string of the molecule is CC/C=C\C/C=C\C/C=C\C/C=C\C/C=C\CCCCCCCCCCCCCCCCCCCC(=O)OC(COC(=O)CCCCC/C=C\C/C=C\C/C=C\C/C=C\C/C=C\CC)COC(OCC[N+](C)(C)C)C(=O)O. The number of likely N-dealkylation sites (N-methyl/N-ethyl adjacent to an activating group) is 1. The van der Waals surface area contributed by atoms with Crippen LogP contribution in [0, 0.1) is 0 Å². The summed E-state index contributed by atoms with van der Waals surface area (Å²) in [5.74, 6) is -2.05. The maximum Gasteiger partial charge on any atom is 0.361 e. The molecule has 77 heavy (non-hydrogen) atoms. The number of carbonyl (C=O) groups is 3. The van der Waals surface area contributed by atoms with Gasteiger partial charge in [-0.3, -0.25) is 9.59 Å². The fourth-order valence-electron chi connectivity index (χ4n) is 8.07. The van der Waals surface area contributed by atoms with E-state index in [1.165, 1.54) is 89.9 Å². The van der Waals surface area contributed by atoms with Crippen LogP contribution < -0.4 is 0 Å². The molecule has 0 rings (SSSR count). The van der Waals surface area contributed by atoms with E-state index < -0.39 is 24.3 Å². The molecule has 0 aromatic rings. The normalized spacial score (nSPS) is 13.6. The van der Waals surface area contributed by atoms with Crippen LogP contribution in [0.2, 0.25) is 0 Å². The molecular weight excluding hydrogens is 959 g/mol. The molecule has 0 saturated carbocycles. The summed E-state index contributed by atoms with van der Waals surface area (Å²) in [6.07, 6.45) is 78.6. The zero-order valence-corrected chi connectivity index (χ0v) is 49.8. The molecule has 0 bridgehead atoms. The van der Waals surface area contributed by atoms with Crippen molar-refractivity contribution in [2.24, 2.45) is 0 Å². The van der Waals surface area contributed by atoms with Crippen LogP contribution in [-0.2, 0) is 33.3 Å². The highest BCUT2D eigenvalue weighted by Crippen LogP contribution is 2.16. The summed E-state index contributed by atoms with van der Waals surface area (Å²) >= 11 is 0. The van der Waals surface area contributed by atoms with Crippen LogP contribution in [-0.4, -0.2) is 87.4 Å². The van der Waals surface area contributed by atoms with Crippen LogP contribution in [0.5, 0.6) is 0 Å². The number of nitrogens with zero attached hydrogens (tertiary/aromatic N) is 1. The Morgan fingerprint density at radius 2 is 0.701 bits per heavy atom. The lowest BCUT2D eigenvalue weighted by molar-refractivity contribution is -0.870. The highest BCUT2D eigenvalue weighted by molar-refractivity contribution is 5.71. The second-order valence-corrected chi connectivity index (χ2v) is 21.2. The predicted octanol–water partition coefficient (Wildman–Crippen LogP) is 18.5. The molecule has 0 aromatic carbocycles. The standard InChI is InChI=1S/C68H113NO8/c1-6-8-10-12-14-16-18-20-22-24-26-27-28-29-30-31-32-33-34-35-36-37-38-39-41-43-45-47-49-51-53-55-57-59-66(71)77-64(63-76-68(67(72)73)74-61-60-69(3,4)5)62-75-65(70)58-56-54-52-50-48-46-44-42-40-25-23-21-19-17-15-13-11-9-7-2/h8-11,14-17,20-23,26-27,29-30,40,42,46,48,64,68H,6-7,12-13,18-19,24-25,28,31-39,41,43-45,47,49-63H2,1-5H3/p+1/b10-8-,11-9-,16-14-,17-15-,22-20-,23-21-,27-26-,30-29-,42-40-,48-46-. The van der Waals surface area contributed by atoms with E-state index in [4.69, 9.17) is 18.9 Å². The first-order chi connectivity index (χ1) is 37.6. The Labute approximate surface area is 472 Å². The number of hydrogen-bond donors (Lipinski definition) is 1. The second kappa shape index (κ2) is 57.9. The van der Waals surface area contributed by atoms with E-state index in [1.54, 1.807) is 0 Å². The highest BCUT2D eigenvalue weighted by Gasteiger charge is 2.25. The van der Waals surface area contributed by atoms with Gasteiger partial charge < -0.3 is 28.5 Å². The molecule has 438 valence electrons. The van der Waals surface area contributed by atoms with Gasteiger partial charge in [-0.15, -0.1) is 0 Å². The van der Waals surface area contributed by atoms with Crippen molar-refractivity contribution in [3.05, 3.63) is 122 Å². The molecule has 2 unspecified atom stereocenters. The molecule has 0 aliphatic heterocycles. The minimum Gasteiger partial charge on any atom is -0.477 e. The number of hydrogen-bond acceptors (Lipinski definition) is 7. The zero-order chi connectivity index (χ0) is 56.2. The van der Waals surface area contributed by atoms with Gasteiger partial charge in [0.05, 0.1) is 34.4 Å². The Bertz CT molecular complexity index is 1670. The average Bonchev–Trinajstić information content (AvgIpc) is 3.40. The molecule has 0 amide bonds. The summed E-state index contributed by atoms with van der Waals surface area (Å²) in [4.78, 5) is 37.5. The lowest BCUT2D eigenvalue weighted by atomic mass is 10.0. The fourth-order valence-corrected chi connectivity index (χ4v) is 8.07. The number of rotatable bonds is 55. The first-order valence-corrected chi connectivity index (χ1v) is 30.7. The van der Waals surface area contributed by atoms with Gasteiger partial charge in [-0.25, -0.2) is 4.79 Å². The van der Waals surface area contributed by atoms with E-state index in [9.17, 15) is 19.5 Å². The van der Waals surface area contributed by atoms with Gasteiger partial charge >= 0.3 is 17.9 Å². The van der Waals surface area contributed by atoms with Crippen molar-refractivity contribution in [2.45, 2.75) is 245 Å². The fraction of sp³-hybridized carbons (Fsp3) is 0.662. The predicted molar refractivity (Wildman–Crippen MR) is 327 cm³/mol. The van der Waals surface area contributed by atoms with E-state index >= 15 is 0 Å². The van der Waals surface area contributed by atoms with Crippen LogP contribution >= 0.6 is 0 Å². The number of carboxylic acids is 1. The molecule has 9 heteroatoms. The number of quaternary nitrogens is 1. The number of carbonyl (C=O) groups excluding carboxylic acids is 2. The van der Waals surface area contributed by atoms with Gasteiger partial charge in [-0.05, 0) is 103 Å². The van der Waals surface area contributed by atoms with Gasteiger partial charge in [0.1, 0.15) is 13.2 Å². The Kier molecular flexibility index (Phi) is 54.6. The smallest absolute Gasteiger partial charge is 0.361 e. The van der Waals surface area contributed by atoms with Gasteiger partial charge in [-0.2, -0.15) is 0 Å². The Hall–Kier alpha value is -4.31. The van der Waals surface area contributed by atoms with E-state index in [-0.39, 0.29) is 38.6 Å². The van der Waals surface area contributed by atoms with Crippen molar-refractivity contribution in [1.29, 1.82) is 0 Å². The van der Waals surface area contributed by atoms with Gasteiger partial charge in [0.25, 0.3) is 6.29 Å². The molecular formula is C68H114NO8+. The molecule has 0 fully saturated rings. The summed E-state index contributed by atoms with van der Waals surface area (Å²) in [6.45, 7) is 4.61. The summed E-state index contributed by atoms with van der Waals surface area (Å²) in [5, 5.41) is 9.71.